The molecule has 0 aliphatic heterocycles. The van der Waals surface area contributed by atoms with Crippen LogP contribution in [0.3, 0.4) is 0 Å². The number of hydrogen-bond donors (Lipinski definition) is 2. The van der Waals surface area contributed by atoms with E-state index in [1.807, 2.05) is 19.1 Å². The van der Waals surface area contributed by atoms with Crippen LogP contribution >= 0.6 is 0 Å². The number of carbonyl (C=O) groups is 1. The molecule has 146 valence electrons. The average molecular weight is 374 g/mol. The van der Waals surface area contributed by atoms with Gasteiger partial charge >= 0.3 is 0 Å². The highest BCUT2D eigenvalue weighted by Gasteiger charge is 2.13. The second-order valence-electron chi connectivity index (χ2n) is 6.40. The van der Waals surface area contributed by atoms with Crippen LogP contribution in [0.25, 0.3) is 0 Å². The van der Waals surface area contributed by atoms with Crippen molar-refractivity contribution in [2.45, 2.75) is 39.0 Å². The van der Waals surface area contributed by atoms with Crippen LogP contribution in [0, 0.1) is 12.7 Å². The Morgan fingerprint density at radius 3 is 2.52 bits per heavy atom. The summed E-state index contributed by atoms with van der Waals surface area (Å²) in [6, 6.07) is 9.55. The topological polar surface area (TPSA) is 73.6 Å². The van der Waals surface area contributed by atoms with E-state index < -0.39 is 5.82 Å². The zero-order valence-electron chi connectivity index (χ0n) is 15.9. The van der Waals surface area contributed by atoms with Gasteiger partial charge in [-0.15, -0.1) is 0 Å². The van der Waals surface area contributed by atoms with E-state index in [4.69, 9.17) is 15.2 Å². The average Bonchev–Trinajstić information content (AvgIpc) is 2.65. The maximum Gasteiger partial charge on any atom is 0.224 e. The summed E-state index contributed by atoms with van der Waals surface area (Å²) in [7, 11) is 1.56. The molecule has 0 saturated carbocycles. The van der Waals surface area contributed by atoms with Crippen LogP contribution in [0.4, 0.5) is 10.1 Å². The number of rotatable bonds is 10. The minimum absolute atomic E-state index is 0.172. The second kappa shape index (κ2) is 10.5. The van der Waals surface area contributed by atoms with Crippen LogP contribution in [-0.2, 0) is 4.79 Å². The highest BCUT2D eigenvalue weighted by atomic mass is 19.1. The molecule has 0 atom stereocenters. The molecule has 0 heterocycles. The summed E-state index contributed by atoms with van der Waals surface area (Å²) in [4.78, 5) is 12.2. The van der Waals surface area contributed by atoms with Gasteiger partial charge in [-0.05, 0) is 56.1 Å². The summed E-state index contributed by atoms with van der Waals surface area (Å²) < 4.78 is 24.9. The lowest BCUT2D eigenvalue weighted by atomic mass is 10.1. The van der Waals surface area contributed by atoms with Crippen molar-refractivity contribution in [3.63, 3.8) is 0 Å². The zero-order chi connectivity index (χ0) is 19.6. The monoisotopic (exact) mass is 374 g/mol. The van der Waals surface area contributed by atoms with Crippen molar-refractivity contribution in [2.24, 2.45) is 5.73 Å². The Morgan fingerprint density at radius 2 is 1.78 bits per heavy atom. The maximum atomic E-state index is 13.7. The standard InChI is InChI=1S/C21H27FN2O3/c1-15-8-10-19(20(13-15)26-2)27-18-11-9-16(22)14-17(18)24-21(25)7-5-3-4-6-12-23/h8-11,13-14H,3-7,12,23H2,1-2H3,(H,24,25). The van der Waals surface area contributed by atoms with Crippen LogP contribution in [0.1, 0.15) is 37.7 Å². The highest BCUT2D eigenvalue weighted by molar-refractivity contribution is 5.92. The minimum Gasteiger partial charge on any atom is -0.493 e. The lowest BCUT2D eigenvalue weighted by Crippen LogP contribution is -2.12. The fourth-order valence-electron chi connectivity index (χ4n) is 2.66. The van der Waals surface area contributed by atoms with Gasteiger partial charge in [-0.2, -0.15) is 0 Å². The molecule has 3 N–H and O–H groups in total. The van der Waals surface area contributed by atoms with E-state index in [2.05, 4.69) is 5.32 Å². The number of nitrogens with one attached hydrogen (secondary N) is 1. The lowest BCUT2D eigenvalue weighted by Gasteiger charge is -2.15. The Hall–Kier alpha value is -2.60. The molecular weight excluding hydrogens is 347 g/mol. The molecule has 6 heteroatoms. The van der Waals surface area contributed by atoms with Crippen LogP contribution in [0.5, 0.6) is 17.2 Å². The highest BCUT2D eigenvalue weighted by Crippen LogP contribution is 2.36. The normalized spacial score (nSPS) is 10.5. The summed E-state index contributed by atoms with van der Waals surface area (Å²) >= 11 is 0. The lowest BCUT2D eigenvalue weighted by molar-refractivity contribution is -0.116. The molecule has 5 nitrogen and oxygen atoms in total. The predicted octanol–water partition coefficient (Wildman–Crippen LogP) is 4.78. The summed E-state index contributed by atoms with van der Waals surface area (Å²) in [6.07, 6.45) is 4.04. The summed E-state index contributed by atoms with van der Waals surface area (Å²) in [5, 5.41) is 2.74. The van der Waals surface area contributed by atoms with Gasteiger partial charge in [-0.1, -0.05) is 18.9 Å². The first-order valence-electron chi connectivity index (χ1n) is 9.15. The molecule has 1 amide bonds. The quantitative estimate of drug-likeness (QED) is 0.587. The van der Waals surface area contributed by atoms with Crippen LogP contribution in [-0.4, -0.2) is 19.6 Å². The number of unbranched alkanes of at least 4 members (excludes halogenated alkanes) is 3. The van der Waals surface area contributed by atoms with Gasteiger partial charge in [0.2, 0.25) is 5.91 Å². The van der Waals surface area contributed by atoms with E-state index in [9.17, 15) is 9.18 Å². The van der Waals surface area contributed by atoms with E-state index in [-0.39, 0.29) is 5.91 Å². The predicted molar refractivity (Wildman–Crippen MR) is 105 cm³/mol. The van der Waals surface area contributed by atoms with Gasteiger partial charge in [0.25, 0.3) is 0 Å². The number of hydrogen-bond acceptors (Lipinski definition) is 4. The summed E-state index contributed by atoms with van der Waals surface area (Å²) in [6.45, 7) is 2.61. The minimum atomic E-state index is -0.448. The molecule has 27 heavy (non-hydrogen) atoms. The van der Waals surface area contributed by atoms with E-state index >= 15 is 0 Å². The number of ether oxygens (including phenoxy) is 2. The molecular formula is C21H27FN2O3. The van der Waals surface area contributed by atoms with Gasteiger partial charge < -0.3 is 20.5 Å². The van der Waals surface area contributed by atoms with E-state index in [1.165, 1.54) is 18.2 Å². The number of anilines is 1. The molecule has 0 aromatic heterocycles. The third kappa shape index (κ3) is 6.57. The van der Waals surface area contributed by atoms with Gasteiger partial charge in [0.05, 0.1) is 12.8 Å². The first-order valence-corrected chi connectivity index (χ1v) is 9.15. The van der Waals surface area contributed by atoms with Crippen molar-refractivity contribution in [3.05, 3.63) is 47.8 Å². The molecule has 0 unspecified atom stereocenters. The molecule has 0 aliphatic carbocycles. The zero-order valence-corrected chi connectivity index (χ0v) is 15.9. The van der Waals surface area contributed by atoms with Crippen LogP contribution < -0.4 is 20.5 Å². The van der Waals surface area contributed by atoms with Crippen molar-refractivity contribution >= 4 is 11.6 Å². The Bertz CT molecular complexity index is 765. The molecule has 0 radical (unpaired) electrons. The molecule has 0 spiro atoms. The fraction of sp³-hybridized carbons (Fsp3) is 0.381. The second-order valence-corrected chi connectivity index (χ2v) is 6.40. The molecule has 0 aliphatic rings. The molecule has 0 fully saturated rings. The van der Waals surface area contributed by atoms with Crippen molar-refractivity contribution in [2.75, 3.05) is 19.0 Å². The summed E-state index contributed by atoms with van der Waals surface area (Å²) in [5.41, 5.74) is 6.78. The van der Waals surface area contributed by atoms with Crippen molar-refractivity contribution in [3.8, 4) is 17.2 Å². The Labute approximate surface area is 159 Å². The largest absolute Gasteiger partial charge is 0.493 e. The van der Waals surface area contributed by atoms with Gasteiger partial charge in [-0.3, -0.25) is 4.79 Å². The third-order valence-electron chi connectivity index (χ3n) is 4.11. The molecule has 0 saturated heterocycles. The van der Waals surface area contributed by atoms with Gasteiger partial charge in [0.1, 0.15) is 5.82 Å². The van der Waals surface area contributed by atoms with Crippen LogP contribution in [0.2, 0.25) is 0 Å². The third-order valence-corrected chi connectivity index (χ3v) is 4.11. The Balaban J connectivity index is 2.07. The van der Waals surface area contributed by atoms with Gasteiger partial charge in [0, 0.05) is 12.5 Å². The molecule has 2 aromatic carbocycles. The number of methoxy groups -OCH3 is 1. The first-order chi connectivity index (χ1) is 13.0. The fourth-order valence-corrected chi connectivity index (χ4v) is 2.66. The van der Waals surface area contributed by atoms with Crippen molar-refractivity contribution in [1.29, 1.82) is 0 Å². The van der Waals surface area contributed by atoms with Gasteiger partial charge in [-0.25, -0.2) is 4.39 Å². The van der Waals surface area contributed by atoms with E-state index in [0.29, 0.717) is 35.9 Å². The number of aryl methyl sites for hydroxylation is 1. The molecule has 2 rings (SSSR count). The molecule has 2 aromatic rings. The number of nitrogens with two attached hydrogens (primary N) is 1. The number of benzene rings is 2. The van der Waals surface area contributed by atoms with Gasteiger partial charge in [0.15, 0.2) is 17.2 Å². The van der Waals surface area contributed by atoms with Crippen molar-refractivity contribution in [1.82, 2.24) is 0 Å². The maximum absolute atomic E-state index is 13.7. The van der Waals surface area contributed by atoms with Crippen LogP contribution in [0.15, 0.2) is 36.4 Å². The van der Waals surface area contributed by atoms with Crippen molar-refractivity contribution < 1.29 is 18.7 Å². The number of amides is 1. The number of carbonyl (C=O) groups excluding carboxylic acids is 1. The Morgan fingerprint density at radius 1 is 1.04 bits per heavy atom. The molecule has 0 bridgehead atoms. The van der Waals surface area contributed by atoms with E-state index in [0.717, 1.165) is 31.2 Å². The summed E-state index contributed by atoms with van der Waals surface area (Å²) in [5.74, 6) is 0.795. The first kappa shape index (κ1) is 20.7. The Kier molecular flexibility index (Phi) is 8.07. The SMILES string of the molecule is COc1cc(C)ccc1Oc1ccc(F)cc1NC(=O)CCCCCCN. The van der Waals surface area contributed by atoms with E-state index in [1.54, 1.807) is 13.2 Å². The number of halogens is 1. The smallest absolute Gasteiger partial charge is 0.224 e.